The third-order valence-corrected chi connectivity index (χ3v) is 9.69. The van der Waals surface area contributed by atoms with Gasteiger partial charge >= 0.3 is 0 Å². The monoisotopic (exact) mass is 790 g/mol. The first-order valence-corrected chi connectivity index (χ1v) is 21.4. The molecule has 0 aliphatic carbocycles. The number of aromatic nitrogens is 1. The number of pyridine rings is 1. The van der Waals surface area contributed by atoms with Crippen molar-refractivity contribution in [3.8, 4) is 23.0 Å². The van der Waals surface area contributed by atoms with E-state index in [9.17, 15) is 9.59 Å². The summed E-state index contributed by atoms with van der Waals surface area (Å²) in [6.07, 6.45) is 16.7. The summed E-state index contributed by atoms with van der Waals surface area (Å²) in [5.74, 6) is 4.08. The number of nitrogens with zero attached hydrogens (tertiary/aromatic N) is 1. The Hall–Kier alpha value is -4.27. The van der Waals surface area contributed by atoms with Crippen LogP contribution in [0.2, 0.25) is 0 Å². The van der Waals surface area contributed by atoms with Crippen LogP contribution in [0.15, 0.2) is 59.2 Å². The number of hydrogen-bond acceptors (Lipinski definition) is 7. The van der Waals surface area contributed by atoms with Crippen LogP contribution in [0.3, 0.4) is 0 Å². The van der Waals surface area contributed by atoms with Crippen molar-refractivity contribution < 1.29 is 28.5 Å². The van der Waals surface area contributed by atoms with E-state index in [1.54, 1.807) is 26.0 Å². The molecule has 0 saturated carbocycles. The zero-order chi connectivity index (χ0) is 42.2. The number of ether oxygens (including phenoxy) is 4. The first kappa shape index (κ1) is 48.9. The zero-order valence-electron chi connectivity index (χ0n) is 37.3. The number of nitrogens with one attached hydrogen (secondary N) is 2. The number of allylic oxidation sites excluding steroid dienone is 6. The van der Waals surface area contributed by atoms with E-state index in [1.807, 2.05) is 12.1 Å². The SMILES string of the molecule is CCC(=O)Nc1cc(OCc2cc(OCC[C@@H](C)CCC=C(C)C)c(OCC[C@@H](C)CCC=C(C)C)c(OCC[C@@H](C)CCC=C(C)C)c2)cc(NC(=O)CC)n1. The number of benzene rings is 1. The minimum Gasteiger partial charge on any atom is -0.490 e. The fraction of sp³-hybridized carbons (Fsp3) is 0.604. The summed E-state index contributed by atoms with van der Waals surface area (Å²) >= 11 is 0. The van der Waals surface area contributed by atoms with Gasteiger partial charge in [-0.25, -0.2) is 4.98 Å². The van der Waals surface area contributed by atoms with Crippen molar-refractivity contribution in [2.75, 3.05) is 30.5 Å². The Balaban J connectivity index is 2.45. The van der Waals surface area contributed by atoms with E-state index in [0.717, 1.165) is 63.4 Å². The Morgan fingerprint density at radius 2 is 0.965 bits per heavy atom. The highest BCUT2D eigenvalue weighted by Crippen LogP contribution is 2.40. The number of anilines is 2. The predicted octanol–water partition coefficient (Wildman–Crippen LogP) is 12.8. The Kier molecular flexibility index (Phi) is 23.5. The molecule has 9 heteroatoms. The van der Waals surface area contributed by atoms with Crippen LogP contribution < -0.4 is 29.6 Å². The predicted molar refractivity (Wildman–Crippen MR) is 237 cm³/mol. The quantitative estimate of drug-likeness (QED) is 0.0826. The van der Waals surface area contributed by atoms with Gasteiger partial charge in [-0.2, -0.15) is 0 Å². The molecule has 9 nitrogen and oxygen atoms in total. The lowest BCUT2D eigenvalue weighted by molar-refractivity contribution is -0.116. The summed E-state index contributed by atoms with van der Waals surface area (Å²) in [5.41, 5.74) is 4.87. The molecule has 3 atom stereocenters. The zero-order valence-corrected chi connectivity index (χ0v) is 37.3. The molecule has 2 N–H and O–H groups in total. The molecule has 2 aromatic rings. The van der Waals surface area contributed by atoms with Crippen molar-refractivity contribution in [3.05, 3.63) is 64.8 Å². The minimum atomic E-state index is -0.189. The summed E-state index contributed by atoms with van der Waals surface area (Å²) in [6, 6.07) is 7.29. The molecule has 1 aromatic heterocycles. The van der Waals surface area contributed by atoms with E-state index < -0.39 is 0 Å². The first-order chi connectivity index (χ1) is 27.2. The van der Waals surface area contributed by atoms with Crippen LogP contribution in [0, 0.1) is 17.8 Å². The van der Waals surface area contributed by atoms with Crippen LogP contribution in [-0.2, 0) is 16.2 Å². The lowest BCUT2D eigenvalue weighted by Gasteiger charge is -2.21. The van der Waals surface area contributed by atoms with Crippen molar-refractivity contribution in [3.63, 3.8) is 0 Å². The van der Waals surface area contributed by atoms with E-state index in [4.69, 9.17) is 18.9 Å². The van der Waals surface area contributed by atoms with Crippen LogP contribution in [0.5, 0.6) is 23.0 Å². The van der Waals surface area contributed by atoms with Gasteiger partial charge in [0.1, 0.15) is 24.0 Å². The van der Waals surface area contributed by atoms with Crippen molar-refractivity contribution in [2.45, 2.75) is 153 Å². The topological polar surface area (TPSA) is 108 Å². The molecule has 2 amide bonds. The summed E-state index contributed by atoms with van der Waals surface area (Å²) < 4.78 is 26.1. The van der Waals surface area contributed by atoms with Gasteiger partial charge in [-0.05, 0) is 135 Å². The maximum absolute atomic E-state index is 12.2. The molecule has 0 aliphatic rings. The standard InChI is InChI=1S/C48H75N3O6/c1-12-46(52)50-44-31-41(32-45(49-44)51-47(53)13-2)57-33-40-29-42(54-26-23-37(9)20-14-17-34(3)4)48(56-28-25-39(11)22-16-19-36(7)8)43(30-40)55-27-24-38(10)21-15-18-35(5)6/h17-19,29-32,37-39H,12-16,20-28,33H2,1-11H3,(H2,49,50,51,52,53)/t37-,38-,39-/m0/s1. The largest absolute Gasteiger partial charge is 0.490 e. The molecule has 0 fully saturated rings. The van der Waals surface area contributed by atoms with Gasteiger partial charge in [0.25, 0.3) is 0 Å². The molecular formula is C48H75N3O6. The van der Waals surface area contributed by atoms with Gasteiger partial charge in [0.05, 0.1) is 19.8 Å². The maximum atomic E-state index is 12.2. The van der Waals surface area contributed by atoms with Gasteiger partial charge in [-0.1, -0.05) is 69.6 Å². The fourth-order valence-electron chi connectivity index (χ4n) is 5.92. The lowest BCUT2D eigenvalue weighted by Crippen LogP contribution is -2.14. The second kappa shape index (κ2) is 27.4. The van der Waals surface area contributed by atoms with E-state index in [2.05, 4.69) is 96.2 Å². The van der Waals surface area contributed by atoms with Crippen LogP contribution in [-0.4, -0.2) is 36.6 Å². The molecule has 0 unspecified atom stereocenters. The lowest BCUT2D eigenvalue weighted by atomic mass is 10.0. The van der Waals surface area contributed by atoms with Gasteiger partial charge in [-0.3, -0.25) is 9.59 Å². The van der Waals surface area contributed by atoms with E-state index in [0.29, 0.717) is 85.0 Å². The third-order valence-electron chi connectivity index (χ3n) is 9.69. The number of amides is 2. The summed E-state index contributed by atoms with van der Waals surface area (Å²) in [4.78, 5) is 28.9. The highest BCUT2D eigenvalue weighted by Gasteiger charge is 2.19. The van der Waals surface area contributed by atoms with Crippen LogP contribution >= 0.6 is 0 Å². The van der Waals surface area contributed by atoms with Gasteiger partial charge in [0.2, 0.25) is 17.6 Å². The summed E-state index contributed by atoms with van der Waals surface area (Å²) in [7, 11) is 0. The molecule has 0 bridgehead atoms. The smallest absolute Gasteiger partial charge is 0.225 e. The van der Waals surface area contributed by atoms with Crippen LogP contribution in [0.4, 0.5) is 11.6 Å². The van der Waals surface area contributed by atoms with Crippen molar-refractivity contribution in [2.24, 2.45) is 17.8 Å². The molecule has 0 aliphatic heterocycles. The summed E-state index contributed by atoms with van der Waals surface area (Å²) in [5, 5.41) is 5.57. The van der Waals surface area contributed by atoms with Gasteiger partial charge in [-0.15, -0.1) is 0 Å². The minimum absolute atomic E-state index is 0.180. The molecule has 1 heterocycles. The number of carbonyl (C=O) groups is 2. The van der Waals surface area contributed by atoms with E-state index in [1.165, 1.54) is 16.7 Å². The molecule has 0 saturated heterocycles. The van der Waals surface area contributed by atoms with Crippen molar-refractivity contribution in [1.82, 2.24) is 4.98 Å². The molecule has 0 radical (unpaired) electrons. The van der Waals surface area contributed by atoms with E-state index >= 15 is 0 Å². The average molecular weight is 790 g/mol. The highest BCUT2D eigenvalue weighted by atomic mass is 16.5. The summed E-state index contributed by atoms with van der Waals surface area (Å²) in [6.45, 7) is 25.0. The second-order valence-electron chi connectivity index (χ2n) is 16.4. The number of hydrogen-bond donors (Lipinski definition) is 2. The maximum Gasteiger partial charge on any atom is 0.225 e. The van der Waals surface area contributed by atoms with Gasteiger partial charge < -0.3 is 29.6 Å². The Labute approximate surface area is 345 Å². The number of rotatable bonds is 28. The first-order valence-electron chi connectivity index (χ1n) is 21.4. The second-order valence-corrected chi connectivity index (χ2v) is 16.4. The molecule has 0 spiro atoms. The fourth-order valence-corrected chi connectivity index (χ4v) is 5.92. The van der Waals surface area contributed by atoms with Crippen molar-refractivity contribution in [1.29, 1.82) is 0 Å². The molecule has 318 valence electrons. The Morgan fingerprint density at radius 3 is 1.33 bits per heavy atom. The van der Waals surface area contributed by atoms with Crippen LogP contribution in [0.1, 0.15) is 152 Å². The molecule has 57 heavy (non-hydrogen) atoms. The molecule has 2 rings (SSSR count). The van der Waals surface area contributed by atoms with Gasteiger partial charge in [0, 0.05) is 25.0 Å². The van der Waals surface area contributed by atoms with E-state index in [-0.39, 0.29) is 18.4 Å². The highest BCUT2D eigenvalue weighted by molar-refractivity contribution is 5.92. The van der Waals surface area contributed by atoms with Crippen molar-refractivity contribution >= 4 is 23.5 Å². The average Bonchev–Trinajstić information content (AvgIpc) is 3.14. The number of carbonyl (C=O) groups excluding carboxylic acids is 2. The van der Waals surface area contributed by atoms with Crippen LogP contribution in [0.25, 0.3) is 0 Å². The van der Waals surface area contributed by atoms with Gasteiger partial charge in [0.15, 0.2) is 11.5 Å². The third kappa shape index (κ3) is 21.7. The molecule has 1 aromatic carbocycles. The Bertz CT molecular complexity index is 1510. The Morgan fingerprint density at radius 1 is 0.579 bits per heavy atom. The normalized spacial score (nSPS) is 12.4. The molecular weight excluding hydrogens is 715 g/mol.